The smallest absolute Gasteiger partial charge is 0.222 e. The van der Waals surface area contributed by atoms with Gasteiger partial charge in [-0.25, -0.2) is 0 Å². The van der Waals surface area contributed by atoms with Crippen LogP contribution in [0.25, 0.3) is 0 Å². The van der Waals surface area contributed by atoms with Crippen LogP contribution in [0.5, 0.6) is 0 Å². The Morgan fingerprint density at radius 2 is 2.13 bits per heavy atom. The zero-order valence-electron chi connectivity index (χ0n) is 9.75. The minimum Gasteiger partial charge on any atom is -0.394 e. The molecule has 1 aliphatic carbocycles. The van der Waals surface area contributed by atoms with Crippen LogP contribution in [0, 0.1) is 0 Å². The Morgan fingerprint density at radius 1 is 1.47 bits per heavy atom. The molecule has 4 heteroatoms. The van der Waals surface area contributed by atoms with Crippen molar-refractivity contribution >= 4 is 5.91 Å². The largest absolute Gasteiger partial charge is 0.394 e. The number of nitrogens with one attached hydrogen (secondary N) is 1. The van der Waals surface area contributed by atoms with Gasteiger partial charge in [-0.15, -0.1) is 0 Å². The molecule has 0 aromatic heterocycles. The predicted molar refractivity (Wildman–Crippen MR) is 59.6 cm³/mol. The predicted octanol–water partition coefficient (Wildman–Crippen LogP) is 0.359. The number of amides is 1. The molecule has 15 heavy (non-hydrogen) atoms. The quantitative estimate of drug-likeness (QED) is 0.628. The molecule has 1 fully saturated rings. The van der Waals surface area contributed by atoms with Crippen LogP contribution in [0.15, 0.2) is 0 Å². The lowest BCUT2D eigenvalue weighted by molar-refractivity contribution is -0.128. The lowest BCUT2D eigenvalue weighted by Crippen LogP contribution is -2.54. The fourth-order valence-corrected chi connectivity index (χ4v) is 1.81. The summed E-state index contributed by atoms with van der Waals surface area (Å²) < 4.78 is 0. The summed E-state index contributed by atoms with van der Waals surface area (Å²) in [5.41, 5.74) is -0.0266. The minimum absolute atomic E-state index is 0.0266. The van der Waals surface area contributed by atoms with Crippen molar-refractivity contribution in [3.05, 3.63) is 0 Å². The lowest BCUT2D eigenvalue weighted by atomic mass is 9.77. The molecule has 4 nitrogen and oxygen atoms in total. The first-order valence-corrected chi connectivity index (χ1v) is 5.66. The number of hydrogen-bond donors (Lipinski definition) is 2. The van der Waals surface area contributed by atoms with Gasteiger partial charge in [0.25, 0.3) is 0 Å². The summed E-state index contributed by atoms with van der Waals surface area (Å²) in [6.45, 7) is 1.04. The Hall–Kier alpha value is -0.610. The average molecular weight is 214 g/mol. The maximum atomic E-state index is 11.3. The highest BCUT2D eigenvalue weighted by Crippen LogP contribution is 2.30. The molecule has 0 aromatic carbocycles. The van der Waals surface area contributed by atoms with E-state index in [1.165, 1.54) is 6.42 Å². The van der Waals surface area contributed by atoms with Crippen LogP contribution in [0.3, 0.4) is 0 Å². The van der Waals surface area contributed by atoms with Gasteiger partial charge in [0.1, 0.15) is 0 Å². The van der Waals surface area contributed by atoms with Gasteiger partial charge >= 0.3 is 0 Å². The molecule has 2 N–H and O–H groups in total. The summed E-state index contributed by atoms with van der Waals surface area (Å²) in [5.74, 6) is 0.170. The van der Waals surface area contributed by atoms with Gasteiger partial charge in [0.15, 0.2) is 0 Å². The van der Waals surface area contributed by atoms with Gasteiger partial charge < -0.3 is 15.3 Å². The van der Waals surface area contributed by atoms with Crippen molar-refractivity contribution in [3.8, 4) is 0 Å². The normalized spacial score (nSPS) is 18.3. The van der Waals surface area contributed by atoms with Gasteiger partial charge in [0.2, 0.25) is 5.91 Å². The van der Waals surface area contributed by atoms with E-state index >= 15 is 0 Å². The molecular formula is C11H22N2O2. The SMILES string of the molecule is CN(C)C(=O)CCCNC1(CO)CCC1. The first-order valence-electron chi connectivity index (χ1n) is 5.66. The molecule has 0 aliphatic heterocycles. The first kappa shape index (κ1) is 12.5. The molecule has 0 atom stereocenters. The maximum Gasteiger partial charge on any atom is 0.222 e. The Morgan fingerprint density at radius 3 is 2.53 bits per heavy atom. The number of aliphatic hydroxyl groups excluding tert-OH is 1. The van der Waals surface area contributed by atoms with Crippen LogP contribution >= 0.6 is 0 Å². The second-order valence-electron chi connectivity index (χ2n) is 4.61. The summed E-state index contributed by atoms with van der Waals surface area (Å²) in [7, 11) is 3.55. The van der Waals surface area contributed by atoms with E-state index in [0.29, 0.717) is 6.42 Å². The highest BCUT2D eigenvalue weighted by atomic mass is 16.3. The summed E-state index contributed by atoms with van der Waals surface area (Å²) in [6.07, 6.45) is 4.75. The van der Waals surface area contributed by atoms with Gasteiger partial charge in [-0.05, 0) is 32.2 Å². The standard InChI is InChI=1S/C11H22N2O2/c1-13(2)10(15)5-3-8-12-11(9-14)6-4-7-11/h12,14H,3-9H2,1-2H3. The molecule has 1 amide bonds. The van der Waals surface area contributed by atoms with E-state index in [4.69, 9.17) is 0 Å². The van der Waals surface area contributed by atoms with Crippen molar-refractivity contribution in [3.63, 3.8) is 0 Å². The number of carbonyl (C=O) groups is 1. The monoisotopic (exact) mass is 214 g/mol. The van der Waals surface area contributed by atoms with E-state index in [1.54, 1.807) is 19.0 Å². The van der Waals surface area contributed by atoms with Gasteiger partial charge in [-0.3, -0.25) is 4.79 Å². The molecule has 0 radical (unpaired) electrons. The molecule has 0 saturated heterocycles. The van der Waals surface area contributed by atoms with E-state index in [0.717, 1.165) is 25.8 Å². The zero-order chi connectivity index (χ0) is 11.3. The molecule has 0 unspecified atom stereocenters. The van der Waals surface area contributed by atoms with E-state index in [1.807, 2.05) is 0 Å². The number of carbonyl (C=O) groups excluding carboxylic acids is 1. The van der Waals surface area contributed by atoms with Crippen molar-refractivity contribution in [2.75, 3.05) is 27.2 Å². The molecule has 0 heterocycles. The topological polar surface area (TPSA) is 52.6 Å². The summed E-state index contributed by atoms with van der Waals surface area (Å²) in [6, 6.07) is 0. The molecule has 1 rings (SSSR count). The molecule has 0 aromatic rings. The van der Waals surface area contributed by atoms with Gasteiger partial charge in [-0.1, -0.05) is 0 Å². The molecular weight excluding hydrogens is 192 g/mol. The van der Waals surface area contributed by atoms with Crippen molar-refractivity contribution in [2.45, 2.75) is 37.6 Å². The third-order valence-corrected chi connectivity index (χ3v) is 3.18. The third kappa shape index (κ3) is 3.47. The second-order valence-corrected chi connectivity index (χ2v) is 4.61. The van der Waals surface area contributed by atoms with Crippen LogP contribution in [-0.4, -0.2) is 48.7 Å². The molecule has 1 saturated carbocycles. The molecule has 1 aliphatic rings. The number of rotatable bonds is 6. The second kappa shape index (κ2) is 5.47. The Bertz CT molecular complexity index is 207. The number of nitrogens with zero attached hydrogens (tertiary/aromatic N) is 1. The Balaban J connectivity index is 2.08. The van der Waals surface area contributed by atoms with E-state index in [9.17, 15) is 9.90 Å². The number of aliphatic hydroxyl groups is 1. The maximum absolute atomic E-state index is 11.3. The summed E-state index contributed by atoms with van der Waals surface area (Å²) in [4.78, 5) is 12.9. The third-order valence-electron chi connectivity index (χ3n) is 3.18. The van der Waals surface area contributed by atoms with Crippen molar-refractivity contribution < 1.29 is 9.90 Å². The van der Waals surface area contributed by atoms with Gasteiger partial charge in [-0.2, -0.15) is 0 Å². The minimum atomic E-state index is -0.0266. The Kier molecular flexibility index (Phi) is 4.54. The van der Waals surface area contributed by atoms with Crippen LogP contribution in [-0.2, 0) is 4.79 Å². The van der Waals surface area contributed by atoms with Gasteiger partial charge in [0, 0.05) is 26.1 Å². The summed E-state index contributed by atoms with van der Waals surface area (Å²) in [5, 5.41) is 12.6. The summed E-state index contributed by atoms with van der Waals surface area (Å²) >= 11 is 0. The van der Waals surface area contributed by atoms with Crippen LogP contribution in [0.4, 0.5) is 0 Å². The lowest BCUT2D eigenvalue weighted by Gasteiger charge is -2.41. The fourth-order valence-electron chi connectivity index (χ4n) is 1.81. The van der Waals surface area contributed by atoms with E-state index in [-0.39, 0.29) is 18.1 Å². The zero-order valence-corrected chi connectivity index (χ0v) is 9.75. The first-order chi connectivity index (χ1) is 7.09. The van der Waals surface area contributed by atoms with Crippen LogP contribution in [0.2, 0.25) is 0 Å². The van der Waals surface area contributed by atoms with Crippen molar-refractivity contribution in [2.24, 2.45) is 0 Å². The van der Waals surface area contributed by atoms with Crippen molar-refractivity contribution in [1.82, 2.24) is 10.2 Å². The van der Waals surface area contributed by atoms with Crippen LogP contribution < -0.4 is 5.32 Å². The molecule has 88 valence electrons. The molecule has 0 bridgehead atoms. The molecule has 0 spiro atoms. The highest BCUT2D eigenvalue weighted by molar-refractivity contribution is 5.75. The van der Waals surface area contributed by atoms with Crippen LogP contribution in [0.1, 0.15) is 32.1 Å². The average Bonchev–Trinajstić information content (AvgIpc) is 2.15. The van der Waals surface area contributed by atoms with E-state index < -0.39 is 0 Å². The van der Waals surface area contributed by atoms with E-state index in [2.05, 4.69) is 5.32 Å². The van der Waals surface area contributed by atoms with Gasteiger partial charge in [0.05, 0.1) is 6.61 Å². The number of hydrogen-bond acceptors (Lipinski definition) is 3. The highest BCUT2D eigenvalue weighted by Gasteiger charge is 2.35. The fraction of sp³-hybridized carbons (Fsp3) is 0.909. The van der Waals surface area contributed by atoms with Crippen molar-refractivity contribution in [1.29, 1.82) is 0 Å². The Labute approximate surface area is 91.6 Å².